The van der Waals surface area contributed by atoms with Gasteiger partial charge in [0.2, 0.25) is 5.91 Å². The molecule has 1 aromatic rings. The lowest BCUT2D eigenvalue weighted by molar-refractivity contribution is -0.125. The number of nitrogens with two attached hydrogens (primary N) is 1. The molecule has 4 amide bonds. The van der Waals surface area contributed by atoms with Gasteiger partial charge in [-0.15, -0.1) is 0 Å². The van der Waals surface area contributed by atoms with Crippen LogP contribution in [0.5, 0.6) is 5.75 Å². The number of carbonyl (C=O) groups is 4. The second-order valence-electron chi connectivity index (χ2n) is 7.57. The lowest BCUT2D eigenvalue weighted by Gasteiger charge is -2.29. The number of hydrogen-bond acceptors (Lipinski definition) is 7. The zero-order chi connectivity index (χ0) is 22.5. The molecule has 4 N–H and O–H groups in total. The van der Waals surface area contributed by atoms with E-state index < -0.39 is 23.8 Å². The molecule has 3 rings (SSSR count). The SMILES string of the molecule is C=C1CCC(N2C(=O)c3ccc(OCC(=O)NCCN(C)CCN)cc3C2=O)C(=O)N1. The maximum atomic E-state index is 12.8. The predicted molar refractivity (Wildman–Crippen MR) is 112 cm³/mol. The minimum absolute atomic E-state index is 0.156. The molecule has 0 aliphatic carbocycles. The van der Waals surface area contributed by atoms with Crippen LogP contribution in [0.2, 0.25) is 0 Å². The number of nitrogens with zero attached hydrogens (tertiary/aromatic N) is 2. The summed E-state index contributed by atoms with van der Waals surface area (Å²) in [4.78, 5) is 52.8. The number of ether oxygens (including phenoxy) is 1. The smallest absolute Gasteiger partial charge is 0.262 e. The molecule has 0 radical (unpaired) electrons. The Morgan fingerprint density at radius 2 is 2.03 bits per heavy atom. The first kappa shape index (κ1) is 22.4. The van der Waals surface area contributed by atoms with E-state index in [1.807, 2.05) is 11.9 Å². The Labute approximate surface area is 180 Å². The molecule has 1 saturated heterocycles. The van der Waals surface area contributed by atoms with Crippen LogP contribution in [0, 0.1) is 0 Å². The van der Waals surface area contributed by atoms with Gasteiger partial charge in [0.15, 0.2) is 6.61 Å². The van der Waals surface area contributed by atoms with Crippen LogP contribution in [0.25, 0.3) is 0 Å². The Morgan fingerprint density at radius 1 is 1.29 bits per heavy atom. The van der Waals surface area contributed by atoms with Crippen molar-refractivity contribution in [2.24, 2.45) is 5.73 Å². The Kier molecular flexibility index (Phi) is 7.03. The molecule has 2 aliphatic heterocycles. The van der Waals surface area contributed by atoms with Crippen molar-refractivity contribution in [3.8, 4) is 5.75 Å². The van der Waals surface area contributed by atoms with Crippen molar-refractivity contribution < 1.29 is 23.9 Å². The molecule has 0 bridgehead atoms. The van der Waals surface area contributed by atoms with Crippen LogP contribution in [0.4, 0.5) is 0 Å². The van der Waals surface area contributed by atoms with Gasteiger partial charge in [0.25, 0.3) is 17.7 Å². The molecule has 0 spiro atoms. The van der Waals surface area contributed by atoms with Crippen LogP contribution in [0.3, 0.4) is 0 Å². The first-order chi connectivity index (χ1) is 14.8. The Bertz CT molecular complexity index is 915. The molecule has 1 atom stereocenters. The Morgan fingerprint density at radius 3 is 2.74 bits per heavy atom. The number of allylic oxidation sites excluding steroid dienone is 1. The molecule has 0 aromatic heterocycles. The molecule has 1 fully saturated rings. The van der Waals surface area contributed by atoms with Gasteiger partial charge < -0.3 is 26.0 Å². The number of imide groups is 1. The van der Waals surface area contributed by atoms with Crippen LogP contribution < -0.4 is 21.1 Å². The molecule has 10 nitrogen and oxygen atoms in total. The van der Waals surface area contributed by atoms with E-state index in [9.17, 15) is 19.2 Å². The first-order valence-electron chi connectivity index (χ1n) is 10.1. The topological polar surface area (TPSA) is 134 Å². The van der Waals surface area contributed by atoms with E-state index >= 15 is 0 Å². The van der Waals surface area contributed by atoms with E-state index in [0.29, 0.717) is 43.9 Å². The van der Waals surface area contributed by atoms with Crippen LogP contribution in [-0.2, 0) is 9.59 Å². The predicted octanol–water partition coefficient (Wildman–Crippen LogP) is -0.540. The second kappa shape index (κ2) is 9.71. The van der Waals surface area contributed by atoms with Crippen LogP contribution in [0.15, 0.2) is 30.5 Å². The highest BCUT2D eigenvalue weighted by Crippen LogP contribution is 2.30. The highest BCUT2D eigenvalue weighted by Gasteiger charge is 2.44. The molecule has 10 heteroatoms. The van der Waals surface area contributed by atoms with E-state index in [-0.39, 0.29) is 23.6 Å². The van der Waals surface area contributed by atoms with Gasteiger partial charge in [-0.25, -0.2) is 0 Å². The number of carbonyl (C=O) groups excluding carboxylic acids is 4. The standard InChI is InChI=1S/C21H27N5O5/c1-13-3-6-17(19(28)24-13)26-20(29)15-5-4-14(11-16(15)21(26)30)31-12-18(27)23-8-10-25(2)9-7-22/h4-5,11,17H,1,3,6-10,12,22H2,2H3,(H,23,27)(H,24,28). The first-order valence-corrected chi connectivity index (χ1v) is 10.1. The van der Waals surface area contributed by atoms with Gasteiger partial charge >= 0.3 is 0 Å². The van der Waals surface area contributed by atoms with Crippen molar-refractivity contribution in [2.45, 2.75) is 18.9 Å². The number of benzene rings is 1. The second-order valence-corrected chi connectivity index (χ2v) is 7.57. The van der Waals surface area contributed by atoms with E-state index in [1.54, 1.807) is 0 Å². The minimum Gasteiger partial charge on any atom is -0.484 e. The molecule has 2 heterocycles. The van der Waals surface area contributed by atoms with Gasteiger partial charge in [0.1, 0.15) is 11.8 Å². The summed E-state index contributed by atoms with van der Waals surface area (Å²) >= 11 is 0. The highest BCUT2D eigenvalue weighted by molar-refractivity contribution is 6.23. The van der Waals surface area contributed by atoms with Crippen molar-refractivity contribution in [3.63, 3.8) is 0 Å². The number of hydrogen-bond donors (Lipinski definition) is 3. The Hall–Kier alpha value is -3.24. The molecule has 0 saturated carbocycles. The van der Waals surface area contributed by atoms with Gasteiger partial charge in [0.05, 0.1) is 11.1 Å². The number of rotatable bonds is 9. The van der Waals surface area contributed by atoms with Gasteiger partial charge in [-0.1, -0.05) is 6.58 Å². The monoisotopic (exact) mass is 429 g/mol. The summed E-state index contributed by atoms with van der Waals surface area (Å²) in [7, 11) is 1.91. The zero-order valence-corrected chi connectivity index (χ0v) is 17.5. The molecule has 166 valence electrons. The van der Waals surface area contributed by atoms with Crippen molar-refractivity contribution in [3.05, 3.63) is 41.6 Å². The maximum absolute atomic E-state index is 12.8. The molecule has 1 unspecified atom stereocenters. The van der Waals surface area contributed by atoms with E-state index in [0.717, 1.165) is 11.4 Å². The molecular formula is C21H27N5O5. The zero-order valence-electron chi connectivity index (χ0n) is 17.5. The maximum Gasteiger partial charge on any atom is 0.262 e. The third-order valence-electron chi connectivity index (χ3n) is 5.22. The average molecular weight is 429 g/mol. The van der Waals surface area contributed by atoms with Crippen molar-refractivity contribution >= 4 is 23.6 Å². The van der Waals surface area contributed by atoms with Crippen LogP contribution in [-0.4, -0.2) is 79.3 Å². The third-order valence-corrected chi connectivity index (χ3v) is 5.22. The summed E-state index contributed by atoms with van der Waals surface area (Å²) in [5.41, 5.74) is 6.41. The number of piperidine rings is 1. The summed E-state index contributed by atoms with van der Waals surface area (Å²) in [6, 6.07) is 3.56. The van der Waals surface area contributed by atoms with E-state index in [1.165, 1.54) is 18.2 Å². The normalized spacial score (nSPS) is 18.3. The fourth-order valence-corrected chi connectivity index (χ4v) is 3.54. The van der Waals surface area contributed by atoms with E-state index in [2.05, 4.69) is 17.2 Å². The van der Waals surface area contributed by atoms with Crippen LogP contribution in [0.1, 0.15) is 33.6 Å². The summed E-state index contributed by atoms with van der Waals surface area (Å²) in [6.07, 6.45) is 0.829. The number of fused-ring (bicyclic) bond motifs is 1. The average Bonchev–Trinajstić information content (AvgIpc) is 2.97. The highest BCUT2D eigenvalue weighted by atomic mass is 16.5. The number of nitrogens with one attached hydrogen (secondary N) is 2. The molecule has 1 aromatic carbocycles. The number of amides is 4. The third kappa shape index (κ3) is 5.09. The summed E-state index contributed by atoms with van der Waals surface area (Å²) in [5.74, 6) is -1.50. The molecular weight excluding hydrogens is 402 g/mol. The molecule has 31 heavy (non-hydrogen) atoms. The lowest BCUT2D eigenvalue weighted by Crippen LogP contribution is -2.51. The molecule has 2 aliphatic rings. The van der Waals surface area contributed by atoms with Gasteiger partial charge in [-0.2, -0.15) is 0 Å². The van der Waals surface area contributed by atoms with Gasteiger partial charge in [-0.05, 0) is 38.1 Å². The summed E-state index contributed by atoms with van der Waals surface area (Å²) in [6.45, 7) is 5.89. The fourth-order valence-electron chi connectivity index (χ4n) is 3.54. The van der Waals surface area contributed by atoms with Gasteiger partial charge in [0, 0.05) is 31.9 Å². The van der Waals surface area contributed by atoms with E-state index in [4.69, 9.17) is 10.5 Å². The summed E-state index contributed by atoms with van der Waals surface area (Å²) < 4.78 is 5.48. The quantitative estimate of drug-likeness (QED) is 0.449. The van der Waals surface area contributed by atoms with Crippen molar-refractivity contribution in [2.75, 3.05) is 39.8 Å². The summed E-state index contributed by atoms with van der Waals surface area (Å²) in [5, 5.41) is 5.33. The Balaban J connectivity index is 1.58. The number of likely N-dealkylation sites (N-methyl/N-ethyl adjacent to an activating group) is 1. The minimum atomic E-state index is -0.870. The fraction of sp³-hybridized carbons (Fsp3) is 0.429. The van der Waals surface area contributed by atoms with Crippen molar-refractivity contribution in [1.29, 1.82) is 0 Å². The van der Waals surface area contributed by atoms with Crippen molar-refractivity contribution in [1.82, 2.24) is 20.4 Å². The largest absolute Gasteiger partial charge is 0.484 e. The van der Waals surface area contributed by atoms with Gasteiger partial charge in [-0.3, -0.25) is 24.1 Å². The lowest BCUT2D eigenvalue weighted by atomic mass is 10.0. The van der Waals surface area contributed by atoms with Crippen LogP contribution >= 0.6 is 0 Å².